The van der Waals surface area contributed by atoms with Gasteiger partial charge in [0, 0.05) is 29.8 Å². The molecule has 0 saturated carbocycles. The lowest BCUT2D eigenvalue weighted by molar-refractivity contribution is -0.142. The van der Waals surface area contributed by atoms with Crippen LogP contribution in [0.15, 0.2) is 77.7 Å². The van der Waals surface area contributed by atoms with E-state index in [-0.39, 0.29) is 28.3 Å². The number of benzene rings is 3. The lowest BCUT2D eigenvalue weighted by Crippen LogP contribution is -2.37. The Morgan fingerprint density at radius 1 is 1.00 bits per heavy atom. The summed E-state index contributed by atoms with van der Waals surface area (Å²) in [5.41, 5.74) is 1.29. The Balaban J connectivity index is 1.74. The number of nitrogens with zero attached hydrogens (tertiary/aromatic N) is 1. The molecule has 1 heterocycles. The van der Waals surface area contributed by atoms with Gasteiger partial charge in [-0.2, -0.15) is 0 Å². The maximum Gasteiger partial charge on any atom is 0.330 e. The Bertz CT molecular complexity index is 1540. The highest BCUT2D eigenvalue weighted by atomic mass is 32.2. The molecule has 1 aliphatic heterocycles. The topological polar surface area (TPSA) is 122 Å². The quantitative estimate of drug-likeness (QED) is 0.228. The van der Waals surface area contributed by atoms with Crippen molar-refractivity contribution < 1.29 is 32.6 Å². The number of nitrogens with one attached hydrogen (secondary N) is 1. The van der Waals surface area contributed by atoms with Crippen LogP contribution in [0.5, 0.6) is 11.5 Å². The normalized spacial score (nSPS) is 18.2. The van der Waals surface area contributed by atoms with Crippen molar-refractivity contribution in [3.8, 4) is 11.5 Å². The van der Waals surface area contributed by atoms with E-state index in [0.29, 0.717) is 24.2 Å². The van der Waals surface area contributed by atoms with Crippen molar-refractivity contribution in [2.24, 2.45) is 5.41 Å². The summed E-state index contributed by atoms with van der Waals surface area (Å²) in [6.45, 7) is 7.81. The monoisotopic (exact) mass is 622 g/mol. The zero-order valence-corrected chi connectivity index (χ0v) is 26.6. The first-order valence-electron chi connectivity index (χ1n) is 15.1. The van der Waals surface area contributed by atoms with Gasteiger partial charge in [0.25, 0.3) is 5.91 Å². The lowest BCUT2D eigenvalue weighted by atomic mass is 9.81. The molecule has 0 radical (unpaired) electrons. The molecule has 0 fully saturated rings. The van der Waals surface area contributed by atoms with Crippen LogP contribution in [0.4, 0.5) is 11.4 Å². The number of carboxylic acids is 1. The number of amides is 1. The van der Waals surface area contributed by atoms with Crippen LogP contribution in [0.2, 0.25) is 0 Å². The van der Waals surface area contributed by atoms with Crippen LogP contribution in [-0.4, -0.2) is 50.4 Å². The fraction of sp³-hybridized carbons (Fsp3) is 0.412. The molecule has 4 rings (SSSR count). The van der Waals surface area contributed by atoms with E-state index in [9.17, 15) is 23.1 Å². The van der Waals surface area contributed by atoms with Gasteiger partial charge in [-0.1, -0.05) is 75.2 Å². The fourth-order valence-corrected chi connectivity index (χ4v) is 7.78. The van der Waals surface area contributed by atoms with E-state index in [4.69, 9.17) is 9.47 Å². The summed E-state index contributed by atoms with van der Waals surface area (Å²) < 4.78 is 40.3. The third kappa shape index (κ3) is 7.72. The molecule has 0 saturated heterocycles. The van der Waals surface area contributed by atoms with Crippen molar-refractivity contribution in [3.63, 3.8) is 0 Å². The van der Waals surface area contributed by atoms with Crippen LogP contribution in [0.25, 0.3) is 0 Å². The molecular formula is C34H42N2O7S. The molecule has 10 heteroatoms. The molecule has 1 unspecified atom stereocenters. The second kappa shape index (κ2) is 14.2. The zero-order chi connectivity index (χ0) is 31.9. The van der Waals surface area contributed by atoms with E-state index in [1.165, 1.54) is 6.07 Å². The third-order valence-corrected chi connectivity index (χ3v) is 9.92. The van der Waals surface area contributed by atoms with Crippen molar-refractivity contribution in [1.82, 2.24) is 5.32 Å². The highest BCUT2D eigenvalue weighted by Gasteiger charge is 2.42. The predicted octanol–water partition coefficient (Wildman–Crippen LogP) is 6.31. The molecule has 1 aliphatic rings. The lowest BCUT2D eigenvalue weighted by Gasteiger charge is -2.36. The van der Waals surface area contributed by atoms with E-state index >= 15 is 0 Å². The van der Waals surface area contributed by atoms with Crippen LogP contribution in [0, 0.1) is 5.41 Å². The first kappa shape index (κ1) is 32.9. The first-order valence-corrected chi connectivity index (χ1v) is 16.7. The smallest absolute Gasteiger partial charge is 0.330 e. The van der Waals surface area contributed by atoms with Gasteiger partial charge < -0.3 is 24.8 Å². The van der Waals surface area contributed by atoms with Crippen molar-refractivity contribution >= 4 is 33.1 Å². The molecule has 0 aromatic heterocycles. The number of carbonyl (C=O) groups is 2. The zero-order valence-electron chi connectivity index (χ0n) is 25.8. The second-order valence-corrected chi connectivity index (χ2v) is 13.6. The Kier molecular flexibility index (Phi) is 10.6. The van der Waals surface area contributed by atoms with Crippen LogP contribution >= 0.6 is 0 Å². The van der Waals surface area contributed by atoms with Crippen LogP contribution in [0.3, 0.4) is 0 Å². The number of fused-ring (bicyclic) bond motifs is 1. The van der Waals surface area contributed by atoms with E-state index in [0.717, 1.165) is 24.9 Å². The summed E-state index contributed by atoms with van der Waals surface area (Å²) in [4.78, 5) is 27.0. The summed E-state index contributed by atoms with van der Waals surface area (Å²) in [5.74, 6) is -1.53. The Morgan fingerprint density at radius 2 is 1.66 bits per heavy atom. The average molecular weight is 623 g/mol. The summed E-state index contributed by atoms with van der Waals surface area (Å²) >= 11 is 0. The number of carbonyl (C=O) groups excluding carboxylic acids is 1. The van der Waals surface area contributed by atoms with Gasteiger partial charge in [0.05, 0.1) is 22.4 Å². The maximum atomic E-state index is 14.1. The van der Waals surface area contributed by atoms with E-state index < -0.39 is 39.8 Å². The minimum atomic E-state index is -3.80. The molecule has 0 bridgehead atoms. The number of hydrogen-bond donors (Lipinski definition) is 2. The number of aliphatic carboxylic acids is 1. The minimum absolute atomic E-state index is 0.0193. The molecule has 2 N–H and O–H groups in total. The van der Waals surface area contributed by atoms with Gasteiger partial charge in [-0.3, -0.25) is 4.79 Å². The van der Waals surface area contributed by atoms with Gasteiger partial charge in [-0.25, -0.2) is 13.2 Å². The number of hydrogen-bond acceptors (Lipinski definition) is 7. The summed E-state index contributed by atoms with van der Waals surface area (Å²) in [7, 11) is -3.80. The summed E-state index contributed by atoms with van der Waals surface area (Å²) in [6, 6.07) is 19.9. The molecule has 2 atom stereocenters. The van der Waals surface area contributed by atoms with Crippen molar-refractivity contribution in [2.75, 3.05) is 23.8 Å². The number of carboxylic acid groups (broad SMARTS) is 1. The number of unbranched alkanes of at least 4 members (excludes halogenated alkanes) is 1. The molecule has 3 aromatic carbocycles. The Morgan fingerprint density at radius 3 is 2.25 bits per heavy atom. The van der Waals surface area contributed by atoms with Crippen LogP contribution < -0.4 is 19.7 Å². The molecular weight excluding hydrogens is 580 g/mol. The van der Waals surface area contributed by atoms with Gasteiger partial charge in [0.15, 0.2) is 34.0 Å². The highest BCUT2D eigenvalue weighted by Crippen LogP contribution is 2.47. The Labute approximate surface area is 260 Å². The van der Waals surface area contributed by atoms with Crippen molar-refractivity contribution in [2.45, 2.75) is 70.4 Å². The van der Waals surface area contributed by atoms with Crippen LogP contribution in [0.1, 0.15) is 65.0 Å². The second-order valence-electron chi connectivity index (χ2n) is 11.6. The largest absolute Gasteiger partial charge is 0.487 e. The number of sulfone groups is 1. The SMILES string of the molecule is CCCCC1(CC)CN(c2ccccc2)c2cc(OC(C)C)c(OCC(=O)N[C@@H](C(=O)O)c3ccccc3)cc2S(=O)(=O)C1. The number of ether oxygens (including phenoxy) is 2. The fourth-order valence-electron chi connectivity index (χ4n) is 5.61. The molecule has 1 amide bonds. The highest BCUT2D eigenvalue weighted by molar-refractivity contribution is 7.91. The molecule has 0 spiro atoms. The number of para-hydroxylation sites is 1. The molecule has 236 valence electrons. The van der Waals surface area contributed by atoms with Gasteiger partial charge in [-0.15, -0.1) is 0 Å². The number of anilines is 2. The van der Waals surface area contributed by atoms with E-state index in [2.05, 4.69) is 17.1 Å². The predicted molar refractivity (Wildman–Crippen MR) is 170 cm³/mol. The number of rotatable bonds is 13. The molecule has 3 aromatic rings. The van der Waals surface area contributed by atoms with Gasteiger partial charge in [-0.05, 0) is 44.4 Å². The average Bonchev–Trinajstić information content (AvgIpc) is 3.09. The maximum absolute atomic E-state index is 14.1. The standard InChI is InChI=1S/C34H42N2O7S/c1-5-7-18-34(6-2)22-36(26-16-12-9-13-17-26)27-19-29(43-24(3)4)28(20-30(27)44(40,41)23-34)42-21-31(37)35-32(33(38)39)25-14-10-8-11-15-25/h8-17,19-20,24,32H,5-7,18,21-23H2,1-4H3,(H,35,37)(H,38,39)/t32-,34?/m1/s1. The van der Waals surface area contributed by atoms with Gasteiger partial charge >= 0.3 is 5.97 Å². The van der Waals surface area contributed by atoms with Crippen molar-refractivity contribution in [1.29, 1.82) is 0 Å². The van der Waals surface area contributed by atoms with E-state index in [1.54, 1.807) is 36.4 Å². The Hall–Kier alpha value is -4.05. The van der Waals surface area contributed by atoms with Crippen molar-refractivity contribution in [3.05, 3.63) is 78.4 Å². The molecule has 44 heavy (non-hydrogen) atoms. The summed E-state index contributed by atoms with van der Waals surface area (Å²) in [5, 5.41) is 12.2. The summed E-state index contributed by atoms with van der Waals surface area (Å²) in [6.07, 6.45) is 3.05. The minimum Gasteiger partial charge on any atom is -0.487 e. The molecule has 9 nitrogen and oxygen atoms in total. The molecule has 0 aliphatic carbocycles. The van der Waals surface area contributed by atoms with Crippen LogP contribution in [-0.2, 0) is 19.4 Å². The first-order chi connectivity index (χ1) is 21.0. The van der Waals surface area contributed by atoms with Gasteiger partial charge in [0.2, 0.25) is 0 Å². The van der Waals surface area contributed by atoms with Gasteiger partial charge in [0.1, 0.15) is 0 Å². The third-order valence-electron chi connectivity index (χ3n) is 7.93. The van der Waals surface area contributed by atoms with E-state index in [1.807, 2.05) is 51.1 Å².